The first-order valence-electron chi connectivity index (χ1n) is 8.32. The number of hydrogen-bond donors (Lipinski definition) is 0. The lowest BCUT2D eigenvalue weighted by Crippen LogP contribution is -2.66. The maximum atomic E-state index is 13.3. The molecular formula is C14F26O. The van der Waals surface area contributed by atoms with Gasteiger partial charge in [0.15, 0.2) is 0 Å². The van der Waals surface area contributed by atoms with Crippen molar-refractivity contribution in [3.8, 4) is 0 Å². The molecule has 0 fully saturated rings. The Morgan fingerprint density at radius 2 is 0.488 bits per heavy atom. The largest absolute Gasteiger partial charge is 0.460 e. The number of halogens is 26. The van der Waals surface area contributed by atoms with Gasteiger partial charge in [0.05, 0.1) is 0 Å². The molecule has 0 aromatic carbocycles. The predicted octanol–water partition coefficient (Wildman–Crippen LogP) is 9.43. The maximum absolute atomic E-state index is 13.3. The van der Waals surface area contributed by atoms with E-state index in [1.54, 1.807) is 0 Å². The predicted molar refractivity (Wildman–Crippen MR) is 71.3 cm³/mol. The van der Waals surface area contributed by atoms with Crippen molar-refractivity contribution in [1.82, 2.24) is 0 Å². The van der Waals surface area contributed by atoms with Crippen molar-refractivity contribution in [2.24, 2.45) is 0 Å². The van der Waals surface area contributed by atoms with Crippen LogP contribution in [0.4, 0.5) is 114 Å². The van der Waals surface area contributed by atoms with Crippen molar-refractivity contribution >= 4 is 0 Å². The summed E-state index contributed by atoms with van der Waals surface area (Å²) in [7, 11) is 0. The third-order valence-corrected chi connectivity index (χ3v) is 4.15. The molecule has 0 heterocycles. The monoisotopic (exact) mass is 678 g/mol. The summed E-state index contributed by atoms with van der Waals surface area (Å²) in [6.07, 6.45) is -15.8. The van der Waals surface area contributed by atoms with Crippen LogP contribution in [0.1, 0.15) is 0 Å². The zero-order chi connectivity index (χ0) is 34.0. The van der Waals surface area contributed by atoms with E-state index in [-0.39, 0.29) is 0 Å². The second-order valence-electron chi connectivity index (χ2n) is 6.87. The van der Waals surface area contributed by atoms with Gasteiger partial charge in [0.25, 0.3) is 0 Å². The molecular weight excluding hydrogens is 678 g/mol. The number of hydrogen-bond acceptors (Lipinski definition) is 1. The van der Waals surface area contributed by atoms with Crippen LogP contribution in [-0.4, -0.2) is 59.7 Å². The van der Waals surface area contributed by atoms with Gasteiger partial charge < -0.3 is 4.74 Å². The van der Waals surface area contributed by atoms with E-state index in [2.05, 4.69) is 0 Å². The quantitative estimate of drug-likeness (QED) is 0.165. The zero-order valence-corrected chi connectivity index (χ0v) is 17.2. The topological polar surface area (TPSA) is 9.23 Å². The molecule has 0 aliphatic carbocycles. The van der Waals surface area contributed by atoms with Crippen LogP contribution in [0.3, 0.4) is 0 Å². The molecule has 0 saturated heterocycles. The number of allylic oxidation sites excluding steroid dienone is 2. The lowest BCUT2D eigenvalue weighted by Gasteiger charge is -2.36. The molecule has 0 bridgehead atoms. The molecule has 0 unspecified atom stereocenters. The fourth-order valence-corrected chi connectivity index (χ4v) is 1.84. The van der Waals surface area contributed by atoms with E-state index in [0.29, 0.717) is 0 Å². The molecule has 0 aromatic rings. The van der Waals surface area contributed by atoms with Crippen LogP contribution in [0.15, 0.2) is 23.7 Å². The first-order valence-corrected chi connectivity index (χ1v) is 8.32. The third kappa shape index (κ3) is 5.39. The minimum atomic E-state index is -8.52. The second-order valence-corrected chi connectivity index (χ2v) is 6.87. The van der Waals surface area contributed by atoms with Gasteiger partial charge in [0.1, 0.15) is 0 Å². The van der Waals surface area contributed by atoms with E-state index in [1.807, 2.05) is 4.74 Å². The molecule has 27 heteroatoms. The summed E-state index contributed by atoms with van der Waals surface area (Å²) >= 11 is 0. The average Bonchev–Trinajstić information content (AvgIpc) is 2.75. The molecule has 0 atom stereocenters. The molecule has 244 valence electrons. The van der Waals surface area contributed by atoms with E-state index < -0.39 is 83.4 Å². The Morgan fingerprint density at radius 1 is 0.293 bits per heavy atom. The Morgan fingerprint density at radius 3 is 0.659 bits per heavy atom. The molecule has 0 rings (SSSR count). The van der Waals surface area contributed by atoms with Gasteiger partial charge in [0, 0.05) is 0 Å². The first-order chi connectivity index (χ1) is 17.4. The zero-order valence-electron chi connectivity index (χ0n) is 17.2. The van der Waals surface area contributed by atoms with Gasteiger partial charge in [-0.2, -0.15) is 114 Å². The van der Waals surface area contributed by atoms with Crippen molar-refractivity contribution in [2.75, 3.05) is 0 Å². The van der Waals surface area contributed by atoms with Crippen molar-refractivity contribution in [3.63, 3.8) is 0 Å². The fraction of sp³-hybridized carbons (Fsp3) is 0.714. The first kappa shape index (κ1) is 38.5. The van der Waals surface area contributed by atoms with Gasteiger partial charge in [-0.1, -0.05) is 0 Å². The van der Waals surface area contributed by atoms with Crippen LogP contribution in [0, 0.1) is 0 Å². The van der Waals surface area contributed by atoms with Crippen molar-refractivity contribution in [2.45, 2.75) is 59.7 Å². The maximum Gasteiger partial charge on any atom is 0.460 e. The summed E-state index contributed by atoms with van der Waals surface area (Å²) in [6, 6.07) is -9.86. The molecule has 0 aromatic heterocycles. The van der Waals surface area contributed by atoms with Crippen LogP contribution in [-0.2, 0) is 4.74 Å². The summed E-state index contributed by atoms with van der Waals surface area (Å²) in [5, 5.41) is 0. The van der Waals surface area contributed by atoms with Crippen molar-refractivity contribution < 1.29 is 119 Å². The number of alkyl halides is 22. The van der Waals surface area contributed by atoms with Gasteiger partial charge in [0.2, 0.25) is 11.7 Å². The SMILES string of the molecule is FC(OC(F)=C(F)C(F)(F)C(F)(F)C(F)(F)C(F)(F)C(F)(F)F)=C(F)C(F)(F)C(F)(F)C(F)(F)C(F)(F)C(F)(F)F. The van der Waals surface area contributed by atoms with Gasteiger partial charge in [-0.15, -0.1) is 0 Å². The van der Waals surface area contributed by atoms with Crippen LogP contribution in [0.2, 0.25) is 0 Å². The Balaban J connectivity index is 6.85. The number of rotatable bonds is 10. The lowest BCUT2D eigenvalue weighted by molar-refractivity contribution is -0.419. The second kappa shape index (κ2) is 10.0. The highest BCUT2D eigenvalue weighted by molar-refractivity contribution is 5.21. The van der Waals surface area contributed by atoms with E-state index in [9.17, 15) is 114 Å². The van der Waals surface area contributed by atoms with E-state index >= 15 is 0 Å². The van der Waals surface area contributed by atoms with Crippen LogP contribution in [0.25, 0.3) is 0 Å². The standard InChI is InChI=1S/C14F26O/c15-1(5(19,20)7(23,24)9(27,28)11(31,32)13(35,36)37)3(17)41-4(18)2(16)6(21,22)8(25,26)10(29,30)12(33,34)14(38,39)40. The Hall–Kier alpha value is -2.54. The number of ether oxygens (including phenoxy) is 1. The Kier molecular flexibility index (Phi) is 9.41. The van der Waals surface area contributed by atoms with Crippen LogP contribution >= 0.6 is 0 Å². The van der Waals surface area contributed by atoms with Crippen LogP contribution < -0.4 is 0 Å². The van der Waals surface area contributed by atoms with Gasteiger partial charge in [-0.05, 0) is 0 Å². The summed E-state index contributed by atoms with van der Waals surface area (Å²) < 4.78 is 334. The normalized spacial score (nSPS) is 17.3. The average molecular weight is 678 g/mol. The minimum absolute atomic E-state index is 1.81. The highest BCUT2D eigenvalue weighted by atomic mass is 19.4. The molecule has 0 aliphatic rings. The molecule has 0 spiro atoms. The summed E-state index contributed by atoms with van der Waals surface area (Å²) in [4.78, 5) is 0. The molecule has 1 nitrogen and oxygen atoms in total. The van der Waals surface area contributed by atoms with Crippen molar-refractivity contribution in [1.29, 1.82) is 0 Å². The van der Waals surface area contributed by atoms with Gasteiger partial charge in [-0.25, -0.2) is 0 Å². The van der Waals surface area contributed by atoms with E-state index in [1.165, 1.54) is 0 Å². The molecule has 41 heavy (non-hydrogen) atoms. The molecule has 0 N–H and O–H groups in total. The van der Waals surface area contributed by atoms with Crippen molar-refractivity contribution in [3.05, 3.63) is 23.7 Å². The Bertz CT molecular complexity index is 953. The summed E-state index contributed by atoms with van der Waals surface area (Å²) in [5.74, 6) is -77.6. The minimum Gasteiger partial charge on any atom is -0.400 e. The molecule has 0 radical (unpaired) electrons. The lowest BCUT2D eigenvalue weighted by atomic mass is 9.97. The molecule has 0 amide bonds. The highest BCUT2D eigenvalue weighted by Gasteiger charge is 2.89. The Labute approximate surface area is 204 Å². The van der Waals surface area contributed by atoms with Crippen LogP contribution in [0.5, 0.6) is 0 Å². The fourth-order valence-electron chi connectivity index (χ4n) is 1.84. The highest BCUT2D eigenvalue weighted by Crippen LogP contribution is 2.61. The molecule has 0 saturated carbocycles. The molecule has 0 aliphatic heterocycles. The van der Waals surface area contributed by atoms with Gasteiger partial charge in [-0.3, -0.25) is 0 Å². The van der Waals surface area contributed by atoms with E-state index in [0.717, 1.165) is 0 Å². The third-order valence-electron chi connectivity index (χ3n) is 4.15. The van der Waals surface area contributed by atoms with E-state index in [4.69, 9.17) is 0 Å². The summed E-state index contributed by atoms with van der Waals surface area (Å²) in [6.45, 7) is 0. The van der Waals surface area contributed by atoms with Gasteiger partial charge >= 0.3 is 71.8 Å². The smallest absolute Gasteiger partial charge is 0.400 e. The summed E-state index contributed by atoms with van der Waals surface area (Å²) in [5.41, 5.74) is 0.